The highest BCUT2D eigenvalue weighted by Gasteiger charge is 2.25. The second-order valence-corrected chi connectivity index (χ2v) is 8.63. The van der Waals surface area contributed by atoms with E-state index in [9.17, 15) is 9.90 Å². The summed E-state index contributed by atoms with van der Waals surface area (Å²) in [4.78, 5) is 18.5. The molecule has 3 aromatic rings. The van der Waals surface area contributed by atoms with Crippen molar-refractivity contribution in [2.75, 3.05) is 6.61 Å². The van der Waals surface area contributed by atoms with Crippen LogP contribution in [0.25, 0.3) is 0 Å². The predicted molar refractivity (Wildman–Crippen MR) is 116 cm³/mol. The highest BCUT2D eigenvalue weighted by atomic mass is 16.5. The summed E-state index contributed by atoms with van der Waals surface area (Å²) in [5.41, 5.74) is 5.20. The van der Waals surface area contributed by atoms with Gasteiger partial charge < -0.3 is 14.6 Å². The van der Waals surface area contributed by atoms with Crippen molar-refractivity contribution in [1.29, 1.82) is 0 Å². The Balaban J connectivity index is 1.41. The molecule has 0 amide bonds. The van der Waals surface area contributed by atoms with E-state index in [-0.39, 0.29) is 6.61 Å². The van der Waals surface area contributed by atoms with Crippen LogP contribution in [-0.2, 0) is 19.4 Å². The first-order chi connectivity index (χ1) is 15.6. The van der Waals surface area contributed by atoms with Crippen LogP contribution in [0.4, 0.5) is 0 Å². The Bertz CT molecular complexity index is 1180. The number of hydrogen-bond donors (Lipinski definition) is 2. The molecular weight excluding hydrogens is 410 g/mol. The van der Waals surface area contributed by atoms with Crippen molar-refractivity contribution >= 4 is 0 Å². The zero-order chi connectivity index (χ0) is 22.1. The average molecular weight is 437 g/mol. The molecule has 1 saturated carbocycles. The van der Waals surface area contributed by atoms with Crippen LogP contribution in [-0.4, -0.2) is 26.8 Å². The van der Waals surface area contributed by atoms with E-state index in [0.717, 1.165) is 47.5 Å². The van der Waals surface area contributed by atoms with Gasteiger partial charge in [-0.05, 0) is 49.1 Å². The SMILES string of the molecule is Cc1cc(OCc2noc(=O)[nH]2)c2c(c1Cc1ccc(O)c(C3CCCCC3)n1)CCO2. The number of H-pyrrole nitrogens is 1. The number of nitrogens with zero attached hydrogens (tertiary/aromatic N) is 2. The van der Waals surface area contributed by atoms with E-state index in [4.69, 9.17) is 14.5 Å². The van der Waals surface area contributed by atoms with Gasteiger partial charge in [0.15, 0.2) is 17.3 Å². The molecule has 0 unspecified atom stereocenters. The molecule has 2 aromatic heterocycles. The molecule has 1 aliphatic carbocycles. The van der Waals surface area contributed by atoms with Gasteiger partial charge in [-0.1, -0.05) is 24.4 Å². The monoisotopic (exact) mass is 437 g/mol. The molecule has 1 aromatic carbocycles. The Morgan fingerprint density at radius 1 is 1.25 bits per heavy atom. The van der Waals surface area contributed by atoms with Crippen LogP contribution < -0.4 is 15.2 Å². The van der Waals surface area contributed by atoms with Gasteiger partial charge in [-0.25, -0.2) is 4.79 Å². The molecule has 2 aliphatic rings. The Labute approximate surface area is 185 Å². The Morgan fingerprint density at radius 2 is 2.09 bits per heavy atom. The smallest absolute Gasteiger partial charge is 0.439 e. The lowest BCUT2D eigenvalue weighted by atomic mass is 9.86. The number of aromatic amines is 1. The van der Waals surface area contributed by atoms with E-state index >= 15 is 0 Å². The average Bonchev–Trinajstić information content (AvgIpc) is 3.45. The maximum absolute atomic E-state index is 11.1. The van der Waals surface area contributed by atoms with Gasteiger partial charge in [-0.2, -0.15) is 0 Å². The first kappa shape index (κ1) is 20.6. The van der Waals surface area contributed by atoms with Crippen LogP contribution in [0.1, 0.15) is 71.9 Å². The van der Waals surface area contributed by atoms with Crippen molar-refractivity contribution in [3.8, 4) is 17.2 Å². The van der Waals surface area contributed by atoms with Crippen molar-refractivity contribution in [2.45, 2.75) is 64.4 Å². The molecule has 32 heavy (non-hydrogen) atoms. The van der Waals surface area contributed by atoms with Crippen molar-refractivity contribution < 1.29 is 19.1 Å². The molecule has 3 heterocycles. The Hall–Kier alpha value is -3.29. The van der Waals surface area contributed by atoms with Crippen molar-refractivity contribution in [2.24, 2.45) is 0 Å². The second kappa shape index (κ2) is 8.68. The minimum atomic E-state index is -0.606. The van der Waals surface area contributed by atoms with Gasteiger partial charge in [0.05, 0.1) is 12.3 Å². The molecule has 5 rings (SSSR count). The minimum Gasteiger partial charge on any atom is -0.506 e. The van der Waals surface area contributed by atoms with Gasteiger partial charge in [0.1, 0.15) is 12.4 Å². The van der Waals surface area contributed by atoms with Gasteiger partial charge in [0.25, 0.3) is 0 Å². The molecule has 0 bridgehead atoms. The number of aromatic hydroxyl groups is 1. The molecule has 0 saturated heterocycles. The summed E-state index contributed by atoms with van der Waals surface area (Å²) < 4.78 is 16.3. The van der Waals surface area contributed by atoms with Gasteiger partial charge in [0.2, 0.25) is 0 Å². The molecule has 8 nitrogen and oxygen atoms in total. The van der Waals surface area contributed by atoms with E-state index < -0.39 is 5.76 Å². The number of ether oxygens (including phenoxy) is 2. The van der Waals surface area contributed by atoms with Crippen LogP contribution in [0.2, 0.25) is 0 Å². The lowest BCUT2D eigenvalue weighted by Gasteiger charge is -2.22. The maximum Gasteiger partial charge on any atom is 0.439 e. The van der Waals surface area contributed by atoms with Gasteiger partial charge in [0, 0.05) is 30.0 Å². The van der Waals surface area contributed by atoms with Crippen LogP contribution >= 0.6 is 0 Å². The third-order valence-electron chi connectivity index (χ3n) is 6.44. The summed E-state index contributed by atoms with van der Waals surface area (Å²) in [7, 11) is 0. The summed E-state index contributed by atoms with van der Waals surface area (Å²) >= 11 is 0. The lowest BCUT2D eigenvalue weighted by molar-refractivity contribution is 0.264. The number of nitrogens with one attached hydrogen (secondary N) is 1. The molecular formula is C24H27N3O5. The van der Waals surface area contributed by atoms with Crippen LogP contribution in [0, 0.1) is 6.92 Å². The number of aromatic nitrogens is 3. The number of fused-ring (bicyclic) bond motifs is 1. The van der Waals surface area contributed by atoms with E-state index in [0.29, 0.717) is 36.3 Å². The van der Waals surface area contributed by atoms with Gasteiger partial charge in [-0.3, -0.25) is 14.5 Å². The second-order valence-electron chi connectivity index (χ2n) is 8.63. The Morgan fingerprint density at radius 3 is 2.88 bits per heavy atom. The van der Waals surface area contributed by atoms with Crippen molar-refractivity contribution in [3.05, 3.63) is 62.7 Å². The number of benzene rings is 1. The molecule has 1 aliphatic heterocycles. The third kappa shape index (κ3) is 4.09. The standard InChI is InChI=1S/C24H27N3O5/c1-14-11-20(31-13-21-26-24(29)32-27-21)23-17(9-10-30-23)18(14)12-16-7-8-19(28)22(25-16)15-5-3-2-4-6-15/h7-8,11,15,28H,2-6,9-10,12-13H2,1H3,(H,26,27,29). The van der Waals surface area contributed by atoms with Gasteiger partial charge >= 0.3 is 5.76 Å². The van der Waals surface area contributed by atoms with Crippen LogP contribution in [0.5, 0.6) is 17.2 Å². The molecule has 2 N–H and O–H groups in total. The first-order valence-corrected chi connectivity index (χ1v) is 11.2. The molecule has 0 radical (unpaired) electrons. The summed E-state index contributed by atoms with van der Waals surface area (Å²) in [5, 5.41) is 14.1. The minimum absolute atomic E-state index is 0.0879. The molecule has 8 heteroatoms. The summed E-state index contributed by atoms with van der Waals surface area (Å²) in [6, 6.07) is 5.66. The fraction of sp³-hybridized carbons (Fsp3) is 0.458. The Kier molecular flexibility index (Phi) is 5.59. The summed E-state index contributed by atoms with van der Waals surface area (Å²) in [5.74, 6) is 1.74. The number of rotatable bonds is 6. The van der Waals surface area contributed by atoms with E-state index in [2.05, 4.69) is 21.6 Å². The number of hydrogen-bond acceptors (Lipinski definition) is 7. The van der Waals surface area contributed by atoms with E-state index in [1.165, 1.54) is 24.8 Å². The maximum atomic E-state index is 11.1. The van der Waals surface area contributed by atoms with E-state index in [1.807, 2.05) is 12.1 Å². The van der Waals surface area contributed by atoms with Gasteiger partial charge in [-0.15, -0.1) is 0 Å². The van der Waals surface area contributed by atoms with Crippen LogP contribution in [0.15, 0.2) is 27.5 Å². The fourth-order valence-corrected chi connectivity index (χ4v) is 4.84. The highest BCUT2D eigenvalue weighted by Crippen LogP contribution is 2.41. The largest absolute Gasteiger partial charge is 0.506 e. The highest BCUT2D eigenvalue weighted by molar-refractivity contribution is 5.57. The summed E-state index contributed by atoms with van der Waals surface area (Å²) in [6.45, 7) is 2.74. The van der Waals surface area contributed by atoms with Crippen LogP contribution in [0.3, 0.4) is 0 Å². The molecule has 168 valence electrons. The molecule has 0 spiro atoms. The number of pyridine rings is 1. The third-order valence-corrected chi connectivity index (χ3v) is 6.44. The predicted octanol–water partition coefficient (Wildman–Crippen LogP) is 3.92. The fourth-order valence-electron chi connectivity index (χ4n) is 4.84. The topological polar surface area (TPSA) is 110 Å². The van der Waals surface area contributed by atoms with Crippen molar-refractivity contribution in [3.63, 3.8) is 0 Å². The van der Waals surface area contributed by atoms with E-state index in [1.54, 1.807) is 6.07 Å². The zero-order valence-corrected chi connectivity index (χ0v) is 18.1. The number of aryl methyl sites for hydroxylation is 1. The lowest BCUT2D eigenvalue weighted by Crippen LogP contribution is -2.09. The molecule has 1 fully saturated rings. The zero-order valence-electron chi connectivity index (χ0n) is 18.1. The quantitative estimate of drug-likeness (QED) is 0.601. The molecule has 0 atom stereocenters. The first-order valence-electron chi connectivity index (χ1n) is 11.2. The van der Waals surface area contributed by atoms with Crippen molar-refractivity contribution in [1.82, 2.24) is 15.1 Å². The normalized spacial score (nSPS) is 16.0. The summed E-state index contributed by atoms with van der Waals surface area (Å²) in [6.07, 6.45) is 7.33.